The highest BCUT2D eigenvalue weighted by atomic mass is 32.2. The lowest BCUT2D eigenvalue weighted by Crippen LogP contribution is -2.21. The molecular weight excluding hydrogens is 264 g/mol. The average Bonchev–Trinajstić information content (AvgIpc) is 2.37. The molecule has 0 aromatic heterocycles. The van der Waals surface area contributed by atoms with Gasteiger partial charge in [0.15, 0.2) is 0 Å². The van der Waals surface area contributed by atoms with Gasteiger partial charge in [0.05, 0.1) is 4.92 Å². The molecule has 5 nitrogen and oxygen atoms in total. The van der Waals surface area contributed by atoms with E-state index < -0.39 is 0 Å². The molecule has 0 unspecified atom stereocenters. The zero-order valence-electron chi connectivity index (χ0n) is 11.1. The van der Waals surface area contributed by atoms with Crippen LogP contribution in [0.1, 0.15) is 31.1 Å². The summed E-state index contributed by atoms with van der Waals surface area (Å²) in [5, 5.41) is 13.6. The molecule has 0 radical (unpaired) electrons. The molecule has 19 heavy (non-hydrogen) atoms. The van der Waals surface area contributed by atoms with Crippen LogP contribution in [0.5, 0.6) is 0 Å². The van der Waals surface area contributed by atoms with Crippen molar-refractivity contribution in [3.63, 3.8) is 0 Å². The normalized spacial score (nSPS) is 11.9. The molecule has 1 atom stereocenters. The first-order valence-corrected chi connectivity index (χ1v) is 7.16. The van der Waals surface area contributed by atoms with E-state index in [-0.39, 0.29) is 21.8 Å². The number of carbonyl (C=O) groups excluding carboxylic acids is 1. The van der Waals surface area contributed by atoms with E-state index in [1.807, 2.05) is 13.0 Å². The number of nitrogens with zero attached hydrogens (tertiary/aromatic N) is 1. The lowest BCUT2D eigenvalue weighted by atomic mass is 10.1. The number of amides is 1. The number of rotatable bonds is 7. The van der Waals surface area contributed by atoms with Crippen molar-refractivity contribution in [2.75, 3.05) is 12.3 Å². The zero-order valence-corrected chi connectivity index (χ0v) is 11.9. The first-order chi connectivity index (χ1) is 9.00. The maximum Gasteiger partial charge on any atom is 0.269 e. The Kier molecular flexibility index (Phi) is 6.35. The third-order valence-corrected chi connectivity index (χ3v) is 3.91. The molecule has 1 aromatic rings. The van der Waals surface area contributed by atoms with Crippen LogP contribution in [-0.2, 0) is 4.79 Å². The molecule has 1 N–H and O–H groups in total. The Labute approximate surface area is 116 Å². The number of non-ortho nitro benzene ring substituents is 1. The van der Waals surface area contributed by atoms with Gasteiger partial charge in [0.1, 0.15) is 0 Å². The molecule has 0 heterocycles. The van der Waals surface area contributed by atoms with E-state index in [1.54, 1.807) is 23.9 Å². The van der Waals surface area contributed by atoms with Crippen LogP contribution >= 0.6 is 11.8 Å². The number of hydrogen-bond donors (Lipinski definition) is 1. The standard InChI is InChI=1S/C13H18N2O3S/c1-10(19-8-4-7-14-11(2)16)12-5-3-6-13(9-12)15(17)18/h3,5-6,9-10H,4,7-8H2,1-2H3,(H,14,16)/t10-/m0/s1. The van der Waals surface area contributed by atoms with Crippen molar-refractivity contribution in [1.82, 2.24) is 5.32 Å². The molecule has 0 fully saturated rings. The Morgan fingerprint density at radius 3 is 2.89 bits per heavy atom. The zero-order chi connectivity index (χ0) is 14.3. The Hall–Kier alpha value is -1.56. The second-order valence-electron chi connectivity index (χ2n) is 4.20. The lowest BCUT2D eigenvalue weighted by Gasteiger charge is -2.11. The first-order valence-electron chi connectivity index (χ1n) is 6.11. The van der Waals surface area contributed by atoms with Gasteiger partial charge in [0, 0.05) is 30.9 Å². The smallest absolute Gasteiger partial charge is 0.269 e. The summed E-state index contributed by atoms with van der Waals surface area (Å²) in [6, 6.07) is 6.73. The largest absolute Gasteiger partial charge is 0.356 e. The van der Waals surface area contributed by atoms with Gasteiger partial charge in [0.2, 0.25) is 5.91 Å². The number of benzene rings is 1. The predicted molar refractivity (Wildman–Crippen MR) is 77.3 cm³/mol. The molecule has 6 heteroatoms. The van der Waals surface area contributed by atoms with Crippen LogP contribution in [-0.4, -0.2) is 23.1 Å². The minimum atomic E-state index is -0.377. The van der Waals surface area contributed by atoms with Crippen molar-refractivity contribution >= 4 is 23.4 Å². The minimum Gasteiger partial charge on any atom is -0.356 e. The highest BCUT2D eigenvalue weighted by Gasteiger charge is 2.10. The van der Waals surface area contributed by atoms with E-state index in [0.29, 0.717) is 6.54 Å². The fourth-order valence-electron chi connectivity index (χ4n) is 1.58. The van der Waals surface area contributed by atoms with Crippen molar-refractivity contribution in [2.24, 2.45) is 0 Å². The van der Waals surface area contributed by atoms with Gasteiger partial charge >= 0.3 is 0 Å². The molecule has 1 aromatic carbocycles. The molecule has 0 saturated carbocycles. The quantitative estimate of drug-likeness (QED) is 0.474. The van der Waals surface area contributed by atoms with E-state index >= 15 is 0 Å². The summed E-state index contributed by atoms with van der Waals surface area (Å²) in [4.78, 5) is 21.0. The minimum absolute atomic E-state index is 0.0169. The van der Waals surface area contributed by atoms with Crippen molar-refractivity contribution in [3.05, 3.63) is 39.9 Å². The van der Waals surface area contributed by atoms with Gasteiger partial charge in [-0.15, -0.1) is 0 Å². The second kappa shape index (κ2) is 7.78. The van der Waals surface area contributed by atoms with Gasteiger partial charge in [-0.1, -0.05) is 12.1 Å². The van der Waals surface area contributed by atoms with Crippen molar-refractivity contribution in [2.45, 2.75) is 25.5 Å². The third kappa shape index (κ3) is 5.74. The van der Waals surface area contributed by atoms with E-state index in [4.69, 9.17) is 0 Å². The average molecular weight is 282 g/mol. The van der Waals surface area contributed by atoms with Crippen molar-refractivity contribution in [1.29, 1.82) is 0 Å². The summed E-state index contributed by atoms with van der Waals surface area (Å²) in [7, 11) is 0. The molecule has 0 spiro atoms. The van der Waals surface area contributed by atoms with Gasteiger partial charge in [-0.25, -0.2) is 0 Å². The van der Waals surface area contributed by atoms with Crippen LogP contribution in [0, 0.1) is 10.1 Å². The number of nitro groups is 1. The highest BCUT2D eigenvalue weighted by Crippen LogP contribution is 2.30. The molecule has 0 saturated heterocycles. The topological polar surface area (TPSA) is 72.2 Å². The van der Waals surface area contributed by atoms with E-state index in [2.05, 4.69) is 5.32 Å². The van der Waals surface area contributed by atoms with Gasteiger partial charge in [0.25, 0.3) is 5.69 Å². The summed E-state index contributed by atoms with van der Waals surface area (Å²) in [6.07, 6.45) is 0.892. The van der Waals surface area contributed by atoms with Gasteiger partial charge in [-0.05, 0) is 24.7 Å². The van der Waals surface area contributed by atoms with Crippen LogP contribution in [0.3, 0.4) is 0 Å². The van der Waals surface area contributed by atoms with Crippen LogP contribution < -0.4 is 5.32 Å². The summed E-state index contributed by atoms with van der Waals surface area (Å²) < 4.78 is 0. The van der Waals surface area contributed by atoms with Gasteiger partial charge in [-0.2, -0.15) is 11.8 Å². The Morgan fingerprint density at radius 1 is 1.53 bits per heavy atom. The Morgan fingerprint density at radius 2 is 2.26 bits per heavy atom. The van der Waals surface area contributed by atoms with E-state index in [0.717, 1.165) is 17.7 Å². The summed E-state index contributed by atoms with van der Waals surface area (Å²) in [5.74, 6) is 0.890. The first kappa shape index (κ1) is 15.5. The van der Waals surface area contributed by atoms with Crippen LogP contribution in [0.15, 0.2) is 24.3 Å². The number of carbonyl (C=O) groups is 1. The summed E-state index contributed by atoms with van der Waals surface area (Å²) in [6.45, 7) is 4.20. The maximum atomic E-state index is 10.7. The molecule has 1 amide bonds. The molecule has 0 aliphatic carbocycles. The number of nitrogens with one attached hydrogen (secondary N) is 1. The molecule has 0 aliphatic heterocycles. The van der Waals surface area contributed by atoms with Crippen LogP contribution in [0.2, 0.25) is 0 Å². The number of thioether (sulfide) groups is 1. The predicted octanol–water partition coefficient (Wildman–Crippen LogP) is 2.92. The molecule has 104 valence electrons. The molecule has 1 rings (SSSR count). The highest BCUT2D eigenvalue weighted by molar-refractivity contribution is 7.99. The molecule has 0 aliphatic rings. The summed E-state index contributed by atoms with van der Waals surface area (Å²) in [5.41, 5.74) is 1.09. The fourth-order valence-corrected chi connectivity index (χ4v) is 2.59. The van der Waals surface area contributed by atoms with Crippen LogP contribution in [0.4, 0.5) is 5.69 Å². The second-order valence-corrected chi connectivity index (χ2v) is 5.65. The van der Waals surface area contributed by atoms with Gasteiger partial charge in [-0.3, -0.25) is 14.9 Å². The monoisotopic (exact) mass is 282 g/mol. The Balaban J connectivity index is 2.40. The van der Waals surface area contributed by atoms with E-state index in [9.17, 15) is 14.9 Å². The van der Waals surface area contributed by atoms with Crippen molar-refractivity contribution in [3.8, 4) is 0 Å². The SMILES string of the molecule is CC(=O)NCCCS[C@@H](C)c1cccc([N+](=O)[O-])c1. The summed E-state index contributed by atoms with van der Waals surface area (Å²) >= 11 is 1.73. The van der Waals surface area contributed by atoms with Gasteiger partial charge < -0.3 is 5.32 Å². The van der Waals surface area contributed by atoms with Crippen molar-refractivity contribution < 1.29 is 9.72 Å². The molecular formula is C13H18N2O3S. The van der Waals surface area contributed by atoms with Crippen LogP contribution in [0.25, 0.3) is 0 Å². The maximum absolute atomic E-state index is 10.7. The third-order valence-electron chi connectivity index (χ3n) is 2.61. The van der Waals surface area contributed by atoms with E-state index in [1.165, 1.54) is 13.0 Å². The lowest BCUT2D eigenvalue weighted by molar-refractivity contribution is -0.384. The Bertz CT molecular complexity index is 451. The number of nitro benzene ring substituents is 1. The fraction of sp³-hybridized carbons (Fsp3) is 0.462. The molecule has 0 bridgehead atoms. The number of hydrogen-bond acceptors (Lipinski definition) is 4.